The Labute approximate surface area is 195 Å². The maximum absolute atomic E-state index is 14.1. The molecule has 0 aliphatic heterocycles. The fraction of sp³-hybridized carbons (Fsp3) is 0.208. The van der Waals surface area contributed by atoms with E-state index in [2.05, 4.69) is 37.5 Å². The number of benzene rings is 2. The third-order valence-corrected chi connectivity index (χ3v) is 5.00. The fourth-order valence-electron chi connectivity index (χ4n) is 3.26. The summed E-state index contributed by atoms with van der Waals surface area (Å²) in [6.07, 6.45) is 11.3. The van der Waals surface area contributed by atoms with Gasteiger partial charge in [-0.2, -0.15) is 0 Å². The van der Waals surface area contributed by atoms with E-state index < -0.39 is 5.82 Å². The molecule has 0 bridgehead atoms. The van der Waals surface area contributed by atoms with Crippen LogP contribution in [0.25, 0.3) is 22.6 Å². The van der Waals surface area contributed by atoms with Crippen molar-refractivity contribution in [1.82, 2.24) is 20.0 Å². The van der Waals surface area contributed by atoms with E-state index in [9.17, 15) is 4.39 Å². The summed E-state index contributed by atoms with van der Waals surface area (Å²) in [4.78, 5) is 6.97. The number of azide groups is 1. The Balaban J connectivity index is 1.23. The number of oxazole rings is 1. The molecule has 4 rings (SSSR count). The molecule has 9 nitrogen and oxygen atoms in total. The molecule has 4 aromatic rings. The van der Waals surface area contributed by atoms with Gasteiger partial charge >= 0.3 is 0 Å². The predicted molar refractivity (Wildman–Crippen MR) is 124 cm³/mol. The number of halogens is 1. The van der Waals surface area contributed by atoms with Crippen molar-refractivity contribution >= 4 is 17.8 Å². The summed E-state index contributed by atoms with van der Waals surface area (Å²) in [5.74, 6) is 0.571. The van der Waals surface area contributed by atoms with Crippen LogP contribution in [0.1, 0.15) is 35.6 Å². The van der Waals surface area contributed by atoms with E-state index in [1.807, 2.05) is 23.0 Å². The van der Waals surface area contributed by atoms with Crippen LogP contribution in [0.2, 0.25) is 0 Å². The summed E-state index contributed by atoms with van der Waals surface area (Å²) in [6, 6.07) is 12.2. The van der Waals surface area contributed by atoms with Gasteiger partial charge in [0.2, 0.25) is 5.89 Å². The van der Waals surface area contributed by atoms with E-state index in [0.717, 1.165) is 31.6 Å². The average Bonchev–Trinajstić information content (AvgIpc) is 3.53. The molecule has 172 valence electrons. The van der Waals surface area contributed by atoms with Crippen molar-refractivity contribution in [3.63, 3.8) is 0 Å². The molecule has 0 saturated heterocycles. The summed E-state index contributed by atoms with van der Waals surface area (Å²) >= 11 is 0. The molecular weight excluding hydrogens is 437 g/mol. The Morgan fingerprint density at radius 2 is 2.03 bits per heavy atom. The van der Waals surface area contributed by atoms with Crippen LogP contribution in [-0.4, -0.2) is 20.0 Å². The first-order valence-electron chi connectivity index (χ1n) is 10.7. The van der Waals surface area contributed by atoms with Crippen molar-refractivity contribution in [2.45, 2.75) is 32.4 Å². The molecule has 0 aliphatic rings. The molecule has 0 N–H and O–H groups in total. The summed E-state index contributed by atoms with van der Waals surface area (Å²) in [5, 5.41) is 11.1. The average molecular weight is 459 g/mol. The third-order valence-electron chi connectivity index (χ3n) is 5.00. The minimum atomic E-state index is -0.505. The van der Waals surface area contributed by atoms with Gasteiger partial charge in [0.15, 0.2) is 0 Å². The lowest BCUT2D eigenvalue weighted by atomic mass is 10.1. The number of unbranched alkanes of at least 4 members (excludes halogenated alkanes) is 1. The molecular formula is C24H22FN7O2. The Morgan fingerprint density at radius 3 is 2.79 bits per heavy atom. The normalized spacial score (nSPS) is 11.0. The molecule has 0 saturated carbocycles. The molecule has 0 aliphatic carbocycles. The van der Waals surface area contributed by atoms with Crippen LogP contribution in [0, 0.1) is 5.82 Å². The monoisotopic (exact) mass is 459 g/mol. The van der Waals surface area contributed by atoms with Crippen molar-refractivity contribution in [1.29, 1.82) is 0 Å². The highest BCUT2D eigenvalue weighted by Gasteiger charge is 2.05. The van der Waals surface area contributed by atoms with Gasteiger partial charge in [0, 0.05) is 35.0 Å². The van der Waals surface area contributed by atoms with Gasteiger partial charge < -0.3 is 9.15 Å². The Bertz CT molecular complexity index is 1280. The topological polar surface area (TPSA) is 115 Å². The van der Waals surface area contributed by atoms with Gasteiger partial charge in [-0.25, -0.2) is 9.37 Å². The molecule has 2 aromatic heterocycles. The van der Waals surface area contributed by atoms with Crippen LogP contribution in [0.5, 0.6) is 5.75 Å². The van der Waals surface area contributed by atoms with Crippen molar-refractivity contribution in [2.75, 3.05) is 0 Å². The Morgan fingerprint density at radius 1 is 1.15 bits per heavy atom. The molecule has 10 heteroatoms. The number of hydrogen-bond acceptors (Lipinski definition) is 6. The maximum atomic E-state index is 14.1. The van der Waals surface area contributed by atoms with Gasteiger partial charge in [-0.05, 0) is 54.6 Å². The quantitative estimate of drug-likeness (QED) is 0.116. The smallest absolute Gasteiger partial charge is 0.218 e. The second-order valence-corrected chi connectivity index (χ2v) is 7.46. The van der Waals surface area contributed by atoms with E-state index in [1.54, 1.807) is 12.3 Å². The first-order valence-corrected chi connectivity index (χ1v) is 10.7. The lowest BCUT2D eigenvalue weighted by Gasteiger charge is -2.06. The third kappa shape index (κ3) is 6.54. The molecule has 2 aromatic carbocycles. The molecule has 34 heavy (non-hydrogen) atoms. The van der Waals surface area contributed by atoms with Gasteiger partial charge in [-0.3, -0.25) is 4.68 Å². The van der Waals surface area contributed by atoms with Crippen LogP contribution in [0.4, 0.5) is 10.1 Å². The molecule has 0 atom stereocenters. The molecule has 0 amide bonds. The van der Waals surface area contributed by atoms with E-state index >= 15 is 0 Å². The number of hydrogen-bond donors (Lipinski definition) is 0. The number of ether oxygens (including phenoxy) is 1. The van der Waals surface area contributed by atoms with Crippen LogP contribution in [-0.2, 0) is 19.6 Å². The lowest BCUT2D eigenvalue weighted by Crippen LogP contribution is -1.99. The van der Waals surface area contributed by atoms with Crippen LogP contribution < -0.4 is 4.74 Å². The predicted octanol–water partition coefficient (Wildman–Crippen LogP) is 6.12. The number of nitrogens with zero attached hydrogens (tertiary/aromatic N) is 7. The maximum Gasteiger partial charge on any atom is 0.218 e. The summed E-state index contributed by atoms with van der Waals surface area (Å²) in [7, 11) is 0. The Hall–Kier alpha value is -4.43. The number of aryl methyl sites for hydroxylation is 2. The second-order valence-electron chi connectivity index (χ2n) is 7.46. The second kappa shape index (κ2) is 11.4. The van der Waals surface area contributed by atoms with Crippen molar-refractivity contribution in [3.05, 3.63) is 100 Å². The zero-order chi connectivity index (χ0) is 23.6. The molecule has 0 unspecified atom stereocenters. The molecule has 0 spiro atoms. The van der Waals surface area contributed by atoms with E-state index in [-0.39, 0.29) is 12.3 Å². The van der Waals surface area contributed by atoms with Crippen molar-refractivity contribution < 1.29 is 13.5 Å². The minimum absolute atomic E-state index is 0.212. The number of rotatable bonds is 11. The fourth-order valence-corrected chi connectivity index (χ4v) is 3.26. The number of aromatic nitrogens is 4. The summed E-state index contributed by atoms with van der Waals surface area (Å²) in [5.41, 5.74) is 10.8. The highest BCUT2D eigenvalue weighted by Crippen LogP contribution is 2.20. The molecule has 2 heterocycles. The standard InChI is InChI=1S/C24H22FN7O2/c25-23-15-20(29-30-26)8-6-19(23)7-11-24-28-21(17-34-24)16-33-22-9-4-18(5-10-22)3-1-2-13-32-14-12-27-31-32/h4-12,14-15,17H,1-3,13,16H2/b11-7+. The van der Waals surface area contributed by atoms with E-state index in [1.165, 1.54) is 36.1 Å². The zero-order valence-corrected chi connectivity index (χ0v) is 18.3. The first kappa shape index (κ1) is 22.8. The van der Waals surface area contributed by atoms with Crippen molar-refractivity contribution in [2.24, 2.45) is 5.11 Å². The van der Waals surface area contributed by atoms with Gasteiger partial charge in [0.1, 0.15) is 30.1 Å². The molecule has 0 fully saturated rings. The zero-order valence-electron chi connectivity index (χ0n) is 18.3. The van der Waals surface area contributed by atoms with Gasteiger partial charge in [-0.15, -0.1) is 5.10 Å². The molecule has 0 radical (unpaired) electrons. The van der Waals surface area contributed by atoms with Gasteiger partial charge in [0.25, 0.3) is 0 Å². The summed E-state index contributed by atoms with van der Waals surface area (Å²) < 4.78 is 27.1. The van der Waals surface area contributed by atoms with E-state index in [4.69, 9.17) is 14.7 Å². The highest BCUT2D eigenvalue weighted by molar-refractivity contribution is 5.67. The van der Waals surface area contributed by atoms with E-state index in [0.29, 0.717) is 17.1 Å². The van der Waals surface area contributed by atoms with Crippen LogP contribution >= 0.6 is 0 Å². The highest BCUT2D eigenvalue weighted by atomic mass is 19.1. The van der Waals surface area contributed by atoms with Crippen LogP contribution in [0.15, 0.2) is 70.7 Å². The largest absolute Gasteiger partial charge is 0.487 e. The first-order chi connectivity index (χ1) is 16.7. The Kier molecular flexibility index (Phi) is 7.66. The summed E-state index contributed by atoms with van der Waals surface area (Å²) in [6.45, 7) is 1.12. The lowest BCUT2D eigenvalue weighted by molar-refractivity contribution is 0.301. The van der Waals surface area contributed by atoms with Crippen LogP contribution in [0.3, 0.4) is 0 Å². The van der Waals surface area contributed by atoms with Crippen molar-refractivity contribution in [3.8, 4) is 5.75 Å². The van der Waals surface area contributed by atoms with Gasteiger partial charge in [-0.1, -0.05) is 34.6 Å². The minimum Gasteiger partial charge on any atom is -0.487 e. The van der Waals surface area contributed by atoms with Gasteiger partial charge in [0.05, 0.1) is 6.20 Å². The SMILES string of the molecule is [N-]=[N+]=Nc1ccc(/C=C/c2nc(COc3ccc(CCCCn4ccnn4)cc3)co2)c(F)c1.